The fourth-order valence-corrected chi connectivity index (χ4v) is 1.36. The van der Waals surface area contributed by atoms with Crippen molar-refractivity contribution in [2.75, 3.05) is 0 Å². The van der Waals surface area contributed by atoms with Crippen LogP contribution in [0.3, 0.4) is 0 Å². The molecule has 2 nitrogen and oxygen atoms in total. The number of hydrogen-bond donors (Lipinski definition) is 1. The first kappa shape index (κ1) is 10.8. The summed E-state index contributed by atoms with van der Waals surface area (Å²) < 4.78 is 0. The third kappa shape index (κ3) is 3.21. The van der Waals surface area contributed by atoms with Crippen molar-refractivity contribution in [3.63, 3.8) is 0 Å². The van der Waals surface area contributed by atoms with Crippen molar-refractivity contribution in [1.29, 1.82) is 0 Å². The van der Waals surface area contributed by atoms with E-state index in [4.69, 9.17) is 9.90 Å². The van der Waals surface area contributed by atoms with Crippen LogP contribution in [-0.2, 0) is 6.42 Å². The van der Waals surface area contributed by atoms with Gasteiger partial charge in [0.2, 0.25) is 0 Å². The van der Waals surface area contributed by atoms with Crippen molar-refractivity contribution in [3.8, 4) is 0 Å². The lowest BCUT2D eigenvalue weighted by Crippen LogP contribution is -1.98. The Morgan fingerprint density at radius 2 is 2.14 bits per heavy atom. The first-order chi connectivity index (χ1) is 6.59. The second-order valence-electron chi connectivity index (χ2n) is 3.82. The summed E-state index contributed by atoms with van der Waals surface area (Å²) in [6.45, 7) is 4.30. The van der Waals surface area contributed by atoms with E-state index < -0.39 is 5.97 Å². The standard InChI is InChI=1S/C12H16O2/c1-9(2)11-5-3-4-10(8-11)6-7-12(13)14/h3-5,8-9H,6-7H2,1-2H3,(H,13,14)/p+1. The van der Waals surface area contributed by atoms with Gasteiger partial charge in [-0.1, -0.05) is 38.1 Å². The number of benzene rings is 1. The van der Waals surface area contributed by atoms with Crippen LogP contribution in [0.1, 0.15) is 37.3 Å². The topological polar surface area (TPSA) is 41.6 Å². The zero-order valence-corrected chi connectivity index (χ0v) is 8.70. The van der Waals surface area contributed by atoms with Gasteiger partial charge >= 0.3 is 5.97 Å². The number of aliphatic carboxylic acids is 1. The van der Waals surface area contributed by atoms with E-state index in [2.05, 4.69) is 26.0 Å². The maximum Gasteiger partial charge on any atom is 0.480 e. The molecule has 14 heavy (non-hydrogen) atoms. The first-order valence-corrected chi connectivity index (χ1v) is 4.92. The predicted molar refractivity (Wildman–Crippen MR) is 58.4 cm³/mol. The van der Waals surface area contributed by atoms with Crippen molar-refractivity contribution >= 4 is 5.97 Å². The summed E-state index contributed by atoms with van der Waals surface area (Å²) in [5.41, 5.74) is 2.44. The molecule has 0 aromatic heterocycles. The molecule has 0 aliphatic carbocycles. The highest BCUT2D eigenvalue weighted by Crippen LogP contribution is 2.16. The third-order valence-corrected chi connectivity index (χ3v) is 2.25. The molecule has 0 aliphatic heterocycles. The van der Waals surface area contributed by atoms with Crippen LogP contribution in [0.25, 0.3) is 0 Å². The van der Waals surface area contributed by atoms with E-state index in [1.807, 2.05) is 12.1 Å². The van der Waals surface area contributed by atoms with Gasteiger partial charge in [0.25, 0.3) is 0 Å². The highest BCUT2D eigenvalue weighted by atomic mass is 16.4. The van der Waals surface area contributed by atoms with Crippen LogP contribution in [0.4, 0.5) is 0 Å². The highest BCUT2D eigenvalue weighted by molar-refractivity contribution is 5.68. The largest absolute Gasteiger partial charge is 0.480 e. The van der Waals surface area contributed by atoms with Crippen LogP contribution in [0.15, 0.2) is 24.3 Å². The lowest BCUT2D eigenvalue weighted by Gasteiger charge is -2.06. The van der Waals surface area contributed by atoms with Crippen LogP contribution >= 0.6 is 0 Å². The minimum Gasteiger partial charge on any atom is -0.339 e. The summed E-state index contributed by atoms with van der Waals surface area (Å²) in [6.07, 6.45) is 1.00. The normalized spacial score (nSPS) is 10.5. The summed E-state index contributed by atoms with van der Waals surface area (Å²) in [7, 11) is 0. The molecule has 0 saturated heterocycles. The Labute approximate surface area is 84.6 Å². The van der Waals surface area contributed by atoms with Crippen molar-refractivity contribution in [2.24, 2.45) is 0 Å². The summed E-state index contributed by atoms with van der Waals surface area (Å²) >= 11 is 0. The maximum absolute atomic E-state index is 8.66. The maximum atomic E-state index is 8.66. The summed E-state index contributed by atoms with van der Waals surface area (Å²) in [5.74, 6) is 0.0293. The monoisotopic (exact) mass is 193 g/mol. The Morgan fingerprint density at radius 1 is 1.43 bits per heavy atom. The van der Waals surface area contributed by atoms with E-state index in [0.717, 1.165) is 5.56 Å². The van der Waals surface area contributed by atoms with E-state index in [-0.39, 0.29) is 0 Å². The lowest BCUT2D eigenvalue weighted by molar-refractivity contribution is 0.439. The number of carboxylic acids is 1. The summed E-state index contributed by atoms with van der Waals surface area (Å²) in [6, 6.07) is 8.23. The molecule has 0 atom stereocenters. The second-order valence-corrected chi connectivity index (χ2v) is 3.82. The Kier molecular flexibility index (Phi) is 3.69. The van der Waals surface area contributed by atoms with Gasteiger partial charge in [0, 0.05) is 0 Å². The van der Waals surface area contributed by atoms with Crippen LogP contribution in [-0.4, -0.2) is 15.9 Å². The average molecular weight is 193 g/mol. The molecular formula is C12H17O2+. The molecule has 0 aliphatic rings. The van der Waals surface area contributed by atoms with Crippen LogP contribution in [0.2, 0.25) is 0 Å². The number of aliphatic hydroxyl groups excluding tert-OH is 1. The number of carboxylic acid groups (broad SMARTS) is 1. The van der Waals surface area contributed by atoms with Gasteiger partial charge in [-0.05, 0) is 23.5 Å². The summed E-state index contributed by atoms with van der Waals surface area (Å²) in [4.78, 5) is 8.66. The fraction of sp³-hybridized carbons (Fsp3) is 0.417. The molecule has 0 heterocycles. The zero-order valence-electron chi connectivity index (χ0n) is 8.70. The van der Waals surface area contributed by atoms with E-state index in [1.165, 1.54) is 5.56 Å². The number of hydrogen-bond acceptors (Lipinski definition) is 0. The average Bonchev–Trinajstić information content (AvgIpc) is 2.15. The van der Waals surface area contributed by atoms with Crippen LogP contribution in [0.5, 0.6) is 0 Å². The molecule has 1 aromatic rings. The molecule has 0 unspecified atom stereocenters. The number of rotatable bonds is 4. The van der Waals surface area contributed by atoms with E-state index in [0.29, 0.717) is 18.8 Å². The van der Waals surface area contributed by atoms with Gasteiger partial charge in [0.05, 0.1) is 0 Å². The van der Waals surface area contributed by atoms with Crippen molar-refractivity contribution in [3.05, 3.63) is 35.4 Å². The smallest absolute Gasteiger partial charge is 0.339 e. The molecule has 0 spiro atoms. The molecule has 76 valence electrons. The van der Waals surface area contributed by atoms with Crippen molar-refractivity contribution < 1.29 is 9.90 Å². The van der Waals surface area contributed by atoms with Gasteiger partial charge in [0.1, 0.15) is 6.42 Å². The van der Waals surface area contributed by atoms with Gasteiger partial charge in [-0.15, -0.1) is 0 Å². The highest BCUT2D eigenvalue weighted by Gasteiger charge is 2.06. The van der Waals surface area contributed by atoms with Crippen LogP contribution < -0.4 is 0 Å². The van der Waals surface area contributed by atoms with Gasteiger partial charge < -0.3 is 9.90 Å². The van der Waals surface area contributed by atoms with E-state index in [9.17, 15) is 0 Å². The predicted octanol–water partition coefficient (Wildman–Crippen LogP) is 2.80. The summed E-state index contributed by atoms with van der Waals surface area (Å²) in [5, 5.41) is 8.66. The Bertz CT molecular complexity index is 316. The van der Waals surface area contributed by atoms with Gasteiger partial charge in [0.15, 0.2) is 0 Å². The number of aryl methyl sites for hydroxylation is 1. The second kappa shape index (κ2) is 4.80. The SMILES string of the molecule is CC(C)c1cccc(CCC(O)=[OH+])c1. The molecule has 2 N–H and O–H groups in total. The van der Waals surface area contributed by atoms with Gasteiger partial charge in [-0.25, -0.2) is 0 Å². The molecule has 0 radical (unpaired) electrons. The Hall–Kier alpha value is -1.31. The molecule has 1 rings (SSSR count). The van der Waals surface area contributed by atoms with E-state index >= 15 is 0 Å². The van der Waals surface area contributed by atoms with Crippen molar-refractivity contribution in [2.45, 2.75) is 32.6 Å². The molecular weight excluding hydrogens is 176 g/mol. The minimum atomic E-state index is -0.486. The zero-order chi connectivity index (χ0) is 10.6. The Morgan fingerprint density at radius 3 is 2.71 bits per heavy atom. The first-order valence-electron chi connectivity index (χ1n) is 4.92. The van der Waals surface area contributed by atoms with Gasteiger partial charge in [-0.2, -0.15) is 0 Å². The van der Waals surface area contributed by atoms with Crippen LogP contribution in [0, 0.1) is 0 Å². The Balaban J connectivity index is 2.68. The molecule has 0 amide bonds. The van der Waals surface area contributed by atoms with E-state index in [1.54, 1.807) is 0 Å². The molecule has 0 saturated carbocycles. The molecule has 0 fully saturated rings. The third-order valence-electron chi connectivity index (χ3n) is 2.25. The molecule has 0 bridgehead atoms. The molecule has 2 heteroatoms. The quantitative estimate of drug-likeness (QED) is 0.734. The minimum absolute atomic E-state index is 0.321. The van der Waals surface area contributed by atoms with Crippen molar-refractivity contribution in [1.82, 2.24) is 0 Å². The fourth-order valence-electron chi connectivity index (χ4n) is 1.36. The van der Waals surface area contributed by atoms with Gasteiger partial charge in [-0.3, -0.25) is 0 Å². The molecule has 1 aromatic carbocycles. The lowest BCUT2D eigenvalue weighted by atomic mass is 9.99.